The van der Waals surface area contributed by atoms with Crippen molar-refractivity contribution in [1.82, 2.24) is 4.90 Å². The highest BCUT2D eigenvalue weighted by Gasteiger charge is 2.21. The molecule has 0 aliphatic carbocycles. The summed E-state index contributed by atoms with van der Waals surface area (Å²) >= 11 is 3.32. The maximum atomic E-state index is 12.3. The fourth-order valence-electron chi connectivity index (χ4n) is 2.85. The summed E-state index contributed by atoms with van der Waals surface area (Å²) in [6, 6.07) is 10.1. The van der Waals surface area contributed by atoms with Crippen molar-refractivity contribution in [3.63, 3.8) is 0 Å². The van der Waals surface area contributed by atoms with Gasteiger partial charge in [-0.05, 0) is 45.9 Å². The molecule has 4 nitrogen and oxygen atoms in total. The van der Waals surface area contributed by atoms with Crippen molar-refractivity contribution in [3.05, 3.63) is 50.7 Å². The summed E-state index contributed by atoms with van der Waals surface area (Å²) in [7, 11) is 0. The molecule has 0 radical (unpaired) electrons. The molecule has 132 valence electrons. The topological polar surface area (TPSA) is 44.7 Å². The highest BCUT2D eigenvalue weighted by atomic mass is 32.2. The number of nitrogens with one attached hydrogen (secondary N) is 1. The number of rotatable bonds is 5. The number of carbonyl (C=O) groups excluding carboxylic acids is 1. The number of aryl methyl sites for hydroxylation is 2. The Morgan fingerprint density at radius 1 is 1.32 bits per heavy atom. The molecule has 1 aromatic heterocycles. The van der Waals surface area contributed by atoms with Gasteiger partial charge in [-0.2, -0.15) is 0 Å². The van der Waals surface area contributed by atoms with E-state index in [0.717, 1.165) is 27.2 Å². The zero-order chi connectivity index (χ0) is 18.0. The summed E-state index contributed by atoms with van der Waals surface area (Å²) in [5.74, 6) is 0.405. The van der Waals surface area contributed by atoms with Crippen LogP contribution in [0.15, 0.2) is 35.3 Å². The van der Waals surface area contributed by atoms with Crippen molar-refractivity contribution in [2.24, 2.45) is 4.99 Å². The fraction of sp³-hybridized carbons (Fsp3) is 0.368. The van der Waals surface area contributed by atoms with E-state index in [9.17, 15) is 4.79 Å². The first-order chi connectivity index (χ1) is 12.0. The highest BCUT2D eigenvalue weighted by Crippen LogP contribution is 2.25. The molecule has 1 amide bonds. The van der Waals surface area contributed by atoms with E-state index in [-0.39, 0.29) is 12.1 Å². The molecule has 0 bridgehead atoms. The van der Waals surface area contributed by atoms with Crippen molar-refractivity contribution in [1.29, 1.82) is 0 Å². The van der Waals surface area contributed by atoms with E-state index in [0.29, 0.717) is 5.75 Å². The largest absolute Gasteiger partial charge is 0.344 e. The number of hydrogen-bond donors (Lipinski definition) is 1. The molecule has 6 heteroatoms. The average molecular weight is 374 g/mol. The first-order valence-corrected chi connectivity index (χ1v) is 10.2. The van der Waals surface area contributed by atoms with Crippen molar-refractivity contribution in [2.75, 3.05) is 17.6 Å². The molecule has 1 aromatic carbocycles. The molecule has 0 fully saturated rings. The van der Waals surface area contributed by atoms with Crippen molar-refractivity contribution < 1.29 is 4.79 Å². The van der Waals surface area contributed by atoms with Crippen LogP contribution >= 0.6 is 23.1 Å². The van der Waals surface area contributed by atoms with Crippen LogP contribution in [0, 0.1) is 13.8 Å². The standard InChI is InChI=1S/C19H23N3OS2/c1-5-22-14(4)20-18-16(10-13(3)25-18)19(22)24-11-17(23)21-15-8-6-12(2)7-9-15/h6-10,14H,5,11H2,1-4H3,(H,21,23). The Morgan fingerprint density at radius 2 is 2.04 bits per heavy atom. The van der Waals surface area contributed by atoms with Crippen LogP contribution in [0.25, 0.3) is 5.03 Å². The zero-order valence-electron chi connectivity index (χ0n) is 15.0. The first kappa shape index (κ1) is 18.0. The van der Waals surface area contributed by atoms with E-state index in [1.807, 2.05) is 31.2 Å². The molecule has 1 unspecified atom stereocenters. The maximum Gasteiger partial charge on any atom is 0.234 e. The van der Waals surface area contributed by atoms with Crippen LogP contribution < -0.4 is 15.2 Å². The number of amides is 1. The second-order valence-corrected chi connectivity index (χ2v) is 8.33. The minimum atomic E-state index is 0.0149. The van der Waals surface area contributed by atoms with Crippen LogP contribution in [0.3, 0.4) is 0 Å². The van der Waals surface area contributed by atoms with Crippen LogP contribution in [-0.2, 0) is 4.79 Å². The summed E-state index contributed by atoms with van der Waals surface area (Å²) in [6.07, 6.45) is 0.109. The lowest BCUT2D eigenvalue weighted by atomic mass is 10.2. The molecule has 2 heterocycles. The number of carbonyl (C=O) groups is 1. The molecular formula is C19H23N3OS2. The maximum absolute atomic E-state index is 12.3. The minimum absolute atomic E-state index is 0.0149. The second-order valence-electron chi connectivity index (χ2n) is 6.13. The van der Waals surface area contributed by atoms with Crippen LogP contribution in [0.5, 0.6) is 0 Å². The van der Waals surface area contributed by atoms with Crippen molar-refractivity contribution in [3.8, 4) is 0 Å². The number of fused-ring (bicyclic) bond motifs is 1. The molecule has 3 rings (SSSR count). The number of thiophene rings is 1. The van der Waals surface area contributed by atoms with Crippen LogP contribution in [0.2, 0.25) is 0 Å². The molecule has 1 atom stereocenters. The Labute approximate surface area is 156 Å². The van der Waals surface area contributed by atoms with E-state index >= 15 is 0 Å². The van der Waals surface area contributed by atoms with E-state index in [4.69, 9.17) is 4.99 Å². The van der Waals surface area contributed by atoms with Gasteiger partial charge in [-0.3, -0.25) is 4.79 Å². The Bertz CT molecular complexity index is 886. The lowest BCUT2D eigenvalue weighted by Gasteiger charge is -2.31. The van der Waals surface area contributed by atoms with Gasteiger partial charge in [-0.15, -0.1) is 11.3 Å². The fourth-order valence-corrected chi connectivity index (χ4v) is 4.97. The number of hydrogen-bond acceptors (Lipinski definition) is 5. The van der Waals surface area contributed by atoms with Crippen molar-refractivity contribution in [2.45, 2.75) is 33.9 Å². The van der Waals surface area contributed by atoms with E-state index in [1.165, 1.54) is 10.4 Å². The van der Waals surface area contributed by atoms with Gasteiger partial charge in [-0.25, -0.2) is 4.99 Å². The van der Waals surface area contributed by atoms with Gasteiger partial charge < -0.3 is 10.2 Å². The Balaban J connectivity index is 1.77. The van der Waals surface area contributed by atoms with E-state index < -0.39 is 0 Å². The summed E-state index contributed by atoms with van der Waals surface area (Å²) in [4.78, 5) is 20.6. The summed E-state index contributed by atoms with van der Waals surface area (Å²) in [5.41, 5.74) is 2.02. The van der Waals surface area contributed by atoms with Gasteiger partial charge in [0.25, 0.3) is 0 Å². The SMILES string of the molecule is CCN1C(SCC(=O)Nc2ccc(C)cc2)=c2cc(C)sc2=NC1C. The number of anilines is 1. The normalized spacial score (nSPS) is 16.4. The lowest BCUT2D eigenvalue weighted by molar-refractivity contribution is -0.113. The van der Waals surface area contributed by atoms with Gasteiger partial charge in [0.05, 0.1) is 10.8 Å². The van der Waals surface area contributed by atoms with Gasteiger partial charge in [0.15, 0.2) is 0 Å². The molecule has 2 aromatic rings. The van der Waals surface area contributed by atoms with Crippen LogP contribution in [0.4, 0.5) is 5.69 Å². The van der Waals surface area contributed by atoms with Gasteiger partial charge in [0.2, 0.25) is 5.91 Å². The van der Waals surface area contributed by atoms with Gasteiger partial charge in [0, 0.05) is 22.3 Å². The molecule has 1 aliphatic heterocycles. The first-order valence-electron chi connectivity index (χ1n) is 8.42. The molecule has 0 saturated carbocycles. The van der Waals surface area contributed by atoms with Crippen LogP contribution in [0.1, 0.15) is 24.3 Å². The second kappa shape index (κ2) is 7.62. The quantitative estimate of drug-likeness (QED) is 0.876. The smallest absolute Gasteiger partial charge is 0.234 e. The van der Waals surface area contributed by atoms with Crippen molar-refractivity contribution >= 4 is 39.7 Å². The molecule has 1 aliphatic rings. The molecule has 1 N–H and O–H groups in total. The highest BCUT2D eigenvalue weighted by molar-refractivity contribution is 8.08. The molecule has 0 spiro atoms. The summed E-state index contributed by atoms with van der Waals surface area (Å²) in [6.45, 7) is 9.25. The minimum Gasteiger partial charge on any atom is -0.344 e. The summed E-state index contributed by atoms with van der Waals surface area (Å²) < 4.78 is 1.08. The monoisotopic (exact) mass is 373 g/mol. The average Bonchev–Trinajstić information content (AvgIpc) is 2.94. The third kappa shape index (κ3) is 4.07. The molecule has 25 heavy (non-hydrogen) atoms. The zero-order valence-corrected chi connectivity index (χ0v) is 16.6. The number of thioether (sulfide) groups is 1. The lowest BCUT2D eigenvalue weighted by Crippen LogP contribution is -2.42. The number of nitrogens with zero attached hydrogens (tertiary/aromatic N) is 2. The molecule has 0 saturated heterocycles. The predicted octanol–water partition coefficient (Wildman–Crippen LogP) is 3.10. The third-order valence-electron chi connectivity index (χ3n) is 4.10. The van der Waals surface area contributed by atoms with Crippen LogP contribution in [-0.4, -0.2) is 29.3 Å². The van der Waals surface area contributed by atoms with E-state index in [1.54, 1.807) is 23.1 Å². The van der Waals surface area contributed by atoms with Gasteiger partial charge in [0.1, 0.15) is 10.8 Å². The number of benzene rings is 1. The van der Waals surface area contributed by atoms with Gasteiger partial charge >= 0.3 is 0 Å². The summed E-state index contributed by atoms with van der Waals surface area (Å²) in [5, 5.41) is 5.29. The third-order valence-corrected chi connectivity index (χ3v) is 6.19. The van der Waals surface area contributed by atoms with Gasteiger partial charge in [-0.1, -0.05) is 29.5 Å². The molecular weight excluding hydrogens is 350 g/mol. The Hall–Kier alpha value is -1.79. The predicted molar refractivity (Wildman–Crippen MR) is 107 cm³/mol. The van der Waals surface area contributed by atoms with E-state index in [2.05, 4.69) is 37.1 Å². The Morgan fingerprint density at radius 3 is 2.72 bits per heavy atom. The Kier molecular flexibility index (Phi) is 5.49.